The van der Waals surface area contributed by atoms with E-state index in [0.29, 0.717) is 18.1 Å². The van der Waals surface area contributed by atoms with E-state index in [2.05, 4.69) is 6.08 Å². The van der Waals surface area contributed by atoms with E-state index in [0.717, 1.165) is 12.8 Å². The van der Waals surface area contributed by atoms with Crippen molar-refractivity contribution in [2.75, 3.05) is 13.7 Å². The Bertz CT molecular complexity index is 809. The van der Waals surface area contributed by atoms with Crippen LogP contribution in [0.5, 0.6) is 5.75 Å². The molecule has 1 aliphatic rings. The molecule has 0 bridgehead atoms. The first-order chi connectivity index (χ1) is 12.5. The highest BCUT2D eigenvalue weighted by atomic mass is 19.2. The third kappa shape index (κ3) is 3.63. The van der Waals surface area contributed by atoms with Gasteiger partial charge in [0.2, 0.25) is 5.82 Å². The van der Waals surface area contributed by atoms with Crippen LogP contribution in [0.15, 0.2) is 42.5 Å². The van der Waals surface area contributed by atoms with Crippen molar-refractivity contribution in [1.82, 2.24) is 0 Å². The number of rotatable bonds is 4. The minimum absolute atomic E-state index is 0.00963. The molecule has 0 amide bonds. The second-order valence-corrected chi connectivity index (χ2v) is 6.37. The van der Waals surface area contributed by atoms with Crippen molar-refractivity contribution in [3.05, 3.63) is 65.5 Å². The molecule has 1 heterocycles. The molecule has 2 atom stereocenters. The number of hydrogen-bond acceptors (Lipinski definition) is 2. The Morgan fingerprint density at radius 3 is 2.42 bits per heavy atom. The number of halogens is 3. The van der Waals surface area contributed by atoms with E-state index in [1.54, 1.807) is 6.07 Å². The lowest BCUT2D eigenvalue weighted by Gasteiger charge is -2.28. The standard InChI is InChI=1S/C21H21F3O2/c1-3-4-13-5-9-18(26-12-13)14-6-7-15(17(22)11-14)16-8-10-19(25-2)21(24)20(16)23/h3-4,6-8,10-11,13,18H,5,9,12H2,1-2H3/b4-3+. The molecule has 2 nitrogen and oxygen atoms in total. The molecule has 0 aliphatic carbocycles. The summed E-state index contributed by atoms with van der Waals surface area (Å²) in [4.78, 5) is 0. The molecule has 0 radical (unpaired) electrons. The van der Waals surface area contributed by atoms with Gasteiger partial charge in [0.15, 0.2) is 11.6 Å². The zero-order chi connectivity index (χ0) is 18.7. The minimum atomic E-state index is -1.13. The van der Waals surface area contributed by atoms with Crippen molar-refractivity contribution in [3.8, 4) is 16.9 Å². The second kappa shape index (κ2) is 7.96. The molecule has 2 aromatic carbocycles. The van der Waals surface area contributed by atoms with Crippen LogP contribution < -0.4 is 4.74 Å². The van der Waals surface area contributed by atoms with Crippen molar-refractivity contribution >= 4 is 0 Å². The second-order valence-electron chi connectivity index (χ2n) is 6.37. The third-order valence-corrected chi connectivity index (χ3v) is 4.70. The van der Waals surface area contributed by atoms with Gasteiger partial charge in [0.05, 0.1) is 19.8 Å². The highest BCUT2D eigenvalue weighted by molar-refractivity contribution is 5.66. The lowest BCUT2D eigenvalue weighted by Crippen LogP contribution is -2.19. The van der Waals surface area contributed by atoms with Gasteiger partial charge in [-0.3, -0.25) is 0 Å². The monoisotopic (exact) mass is 362 g/mol. The van der Waals surface area contributed by atoms with E-state index < -0.39 is 17.5 Å². The Labute approximate surface area is 151 Å². The average molecular weight is 362 g/mol. The molecule has 3 rings (SSSR count). The Kier molecular flexibility index (Phi) is 5.67. The van der Waals surface area contributed by atoms with Crippen LogP contribution in [0, 0.1) is 23.4 Å². The van der Waals surface area contributed by atoms with Gasteiger partial charge in [-0.1, -0.05) is 24.3 Å². The van der Waals surface area contributed by atoms with Gasteiger partial charge in [0, 0.05) is 17.0 Å². The zero-order valence-corrected chi connectivity index (χ0v) is 14.8. The summed E-state index contributed by atoms with van der Waals surface area (Å²) in [6.07, 6.45) is 5.69. The van der Waals surface area contributed by atoms with Gasteiger partial charge in [-0.05, 0) is 43.5 Å². The largest absolute Gasteiger partial charge is 0.494 e. The van der Waals surface area contributed by atoms with E-state index in [1.165, 1.54) is 31.4 Å². The first-order valence-corrected chi connectivity index (χ1v) is 8.61. The fourth-order valence-electron chi connectivity index (χ4n) is 3.31. The first-order valence-electron chi connectivity index (χ1n) is 8.61. The van der Waals surface area contributed by atoms with E-state index in [1.807, 2.05) is 13.0 Å². The van der Waals surface area contributed by atoms with Crippen LogP contribution in [0.4, 0.5) is 13.2 Å². The minimum Gasteiger partial charge on any atom is -0.494 e. The fourth-order valence-corrected chi connectivity index (χ4v) is 3.31. The third-order valence-electron chi connectivity index (χ3n) is 4.70. The molecule has 2 aromatic rings. The highest BCUT2D eigenvalue weighted by Gasteiger charge is 2.23. The van der Waals surface area contributed by atoms with Gasteiger partial charge in [-0.25, -0.2) is 8.78 Å². The van der Waals surface area contributed by atoms with Crippen LogP contribution in [0.25, 0.3) is 11.1 Å². The molecule has 1 aliphatic heterocycles. The lowest BCUT2D eigenvalue weighted by molar-refractivity contribution is -0.00538. The molecule has 0 spiro atoms. The molecule has 1 fully saturated rings. The van der Waals surface area contributed by atoms with Crippen molar-refractivity contribution in [2.24, 2.45) is 5.92 Å². The molecule has 2 unspecified atom stereocenters. The summed E-state index contributed by atoms with van der Waals surface area (Å²) in [5.74, 6) is -2.69. The van der Waals surface area contributed by atoms with Gasteiger partial charge >= 0.3 is 0 Å². The topological polar surface area (TPSA) is 18.5 Å². The summed E-state index contributed by atoms with van der Waals surface area (Å²) in [6.45, 7) is 2.57. The van der Waals surface area contributed by atoms with Crippen molar-refractivity contribution in [1.29, 1.82) is 0 Å². The highest BCUT2D eigenvalue weighted by Crippen LogP contribution is 2.35. The fraction of sp³-hybridized carbons (Fsp3) is 0.333. The van der Waals surface area contributed by atoms with Crippen molar-refractivity contribution < 1.29 is 22.6 Å². The Balaban J connectivity index is 1.84. The number of benzene rings is 2. The molecule has 0 N–H and O–H groups in total. The molecule has 0 aromatic heterocycles. The smallest absolute Gasteiger partial charge is 0.201 e. The maximum atomic E-state index is 14.6. The predicted octanol–water partition coefficient (Wildman–Crippen LogP) is 5.82. The molecule has 5 heteroatoms. The first kappa shape index (κ1) is 18.5. The Morgan fingerprint density at radius 2 is 1.81 bits per heavy atom. The average Bonchev–Trinajstić information content (AvgIpc) is 2.65. The maximum absolute atomic E-state index is 14.6. The van der Waals surface area contributed by atoms with E-state index in [-0.39, 0.29) is 23.0 Å². The van der Waals surface area contributed by atoms with Crippen LogP contribution in [0.2, 0.25) is 0 Å². The van der Waals surface area contributed by atoms with Crippen LogP contribution in [-0.2, 0) is 4.74 Å². The molecule has 26 heavy (non-hydrogen) atoms. The van der Waals surface area contributed by atoms with E-state index in [9.17, 15) is 13.2 Å². The van der Waals surface area contributed by atoms with Gasteiger partial charge in [-0.2, -0.15) is 4.39 Å². The number of methoxy groups -OCH3 is 1. The number of hydrogen-bond donors (Lipinski definition) is 0. The van der Waals surface area contributed by atoms with Gasteiger partial charge in [0.1, 0.15) is 5.82 Å². The number of allylic oxidation sites excluding steroid dienone is 1. The predicted molar refractivity (Wildman–Crippen MR) is 94.5 cm³/mol. The van der Waals surface area contributed by atoms with Crippen LogP contribution in [0.1, 0.15) is 31.4 Å². The van der Waals surface area contributed by atoms with Crippen LogP contribution in [-0.4, -0.2) is 13.7 Å². The van der Waals surface area contributed by atoms with Crippen molar-refractivity contribution in [3.63, 3.8) is 0 Å². The summed E-state index contributed by atoms with van der Waals surface area (Å²) in [5, 5.41) is 0. The summed E-state index contributed by atoms with van der Waals surface area (Å²) in [6, 6.07) is 7.12. The van der Waals surface area contributed by atoms with Crippen LogP contribution in [0.3, 0.4) is 0 Å². The molecule has 138 valence electrons. The SMILES string of the molecule is C/C=C/C1CCC(c2ccc(-c3ccc(OC)c(F)c3F)c(F)c2)OC1. The van der Waals surface area contributed by atoms with Gasteiger partial charge in [0.25, 0.3) is 0 Å². The van der Waals surface area contributed by atoms with E-state index in [4.69, 9.17) is 9.47 Å². The normalized spacial score (nSPS) is 20.5. The quantitative estimate of drug-likeness (QED) is 0.638. The molecule has 0 saturated carbocycles. The Hall–Kier alpha value is -2.27. The van der Waals surface area contributed by atoms with Gasteiger partial charge < -0.3 is 9.47 Å². The lowest BCUT2D eigenvalue weighted by atomic mass is 9.93. The van der Waals surface area contributed by atoms with Crippen LogP contribution >= 0.6 is 0 Å². The maximum Gasteiger partial charge on any atom is 0.201 e. The Morgan fingerprint density at radius 1 is 1.04 bits per heavy atom. The van der Waals surface area contributed by atoms with E-state index >= 15 is 0 Å². The summed E-state index contributed by atoms with van der Waals surface area (Å²) in [7, 11) is 1.25. The number of ether oxygens (including phenoxy) is 2. The van der Waals surface area contributed by atoms with Gasteiger partial charge in [-0.15, -0.1) is 0 Å². The molecular formula is C21H21F3O2. The summed E-state index contributed by atoms with van der Waals surface area (Å²) >= 11 is 0. The summed E-state index contributed by atoms with van der Waals surface area (Å²) < 4.78 is 53.3. The molecular weight excluding hydrogens is 341 g/mol. The zero-order valence-electron chi connectivity index (χ0n) is 14.8. The molecule has 1 saturated heterocycles. The van der Waals surface area contributed by atoms with Crippen molar-refractivity contribution in [2.45, 2.75) is 25.9 Å². The summed E-state index contributed by atoms with van der Waals surface area (Å²) in [5.41, 5.74) is 0.583.